The molecule has 0 unspecified atom stereocenters. The average molecular weight is 387 g/mol. The maximum absolute atomic E-state index is 12.8. The molecular weight excluding hydrogens is 360 g/mol. The highest BCUT2D eigenvalue weighted by molar-refractivity contribution is 7.92. The van der Waals surface area contributed by atoms with Gasteiger partial charge in [0.1, 0.15) is 0 Å². The van der Waals surface area contributed by atoms with Crippen LogP contribution in [0.15, 0.2) is 59.5 Å². The summed E-state index contributed by atoms with van der Waals surface area (Å²) in [5.41, 5.74) is 1.07. The first kappa shape index (κ1) is 19.4. The first-order valence-corrected chi connectivity index (χ1v) is 10.8. The van der Waals surface area contributed by atoms with E-state index in [9.17, 15) is 13.2 Å². The third-order valence-electron chi connectivity index (χ3n) is 5.25. The van der Waals surface area contributed by atoms with Crippen LogP contribution in [0, 0.1) is 5.92 Å². The highest BCUT2D eigenvalue weighted by atomic mass is 32.2. The Hall–Kier alpha value is -2.34. The smallest absolute Gasteiger partial charge is 0.264 e. The molecule has 0 aliphatic heterocycles. The zero-order valence-corrected chi connectivity index (χ0v) is 16.6. The molecule has 0 spiro atoms. The number of nitrogens with zero attached hydrogens (tertiary/aromatic N) is 1. The molecule has 5 nitrogen and oxygen atoms in total. The Labute approximate surface area is 161 Å². The van der Waals surface area contributed by atoms with Crippen molar-refractivity contribution in [3.05, 3.63) is 60.2 Å². The van der Waals surface area contributed by atoms with Crippen LogP contribution in [0.2, 0.25) is 0 Å². The number of benzene rings is 2. The fourth-order valence-electron chi connectivity index (χ4n) is 3.39. The molecule has 0 aromatic heterocycles. The summed E-state index contributed by atoms with van der Waals surface area (Å²) in [6.07, 6.45) is 4.27. The van der Waals surface area contributed by atoms with Crippen molar-refractivity contribution in [3.8, 4) is 0 Å². The van der Waals surface area contributed by atoms with Crippen molar-refractivity contribution in [1.82, 2.24) is 5.32 Å². The maximum Gasteiger partial charge on any atom is 0.264 e. The summed E-state index contributed by atoms with van der Waals surface area (Å²) in [6, 6.07) is 15.3. The van der Waals surface area contributed by atoms with Gasteiger partial charge in [0, 0.05) is 18.7 Å². The minimum Gasteiger partial charge on any atom is -0.349 e. The van der Waals surface area contributed by atoms with Gasteiger partial charge in [0.2, 0.25) is 0 Å². The SMILES string of the molecule is CC1CCC(NC(=O)c2ccc(S(=O)(=O)N(C)c3ccccc3)cc2)CC1. The normalized spacial score (nSPS) is 20.1. The summed E-state index contributed by atoms with van der Waals surface area (Å²) >= 11 is 0. The van der Waals surface area contributed by atoms with E-state index < -0.39 is 10.0 Å². The van der Waals surface area contributed by atoms with Crippen LogP contribution in [0.25, 0.3) is 0 Å². The van der Waals surface area contributed by atoms with Gasteiger partial charge in [0.15, 0.2) is 0 Å². The Kier molecular flexibility index (Phi) is 5.85. The van der Waals surface area contributed by atoms with Crippen molar-refractivity contribution >= 4 is 21.6 Å². The summed E-state index contributed by atoms with van der Waals surface area (Å²) in [5, 5.41) is 3.06. The number of carbonyl (C=O) groups excluding carboxylic acids is 1. The monoisotopic (exact) mass is 386 g/mol. The molecule has 2 aromatic rings. The van der Waals surface area contributed by atoms with Gasteiger partial charge in [-0.25, -0.2) is 8.42 Å². The van der Waals surface area contributed by atoms with E-state index in [0.717, 1.165) is 31.6 Å². The number of carbonyl (C=O) groups is 1. The Morgan fingerprint density at radius 1 is 0.963 bits per heavy atom. The molecule has 0 heterocycles. The first-order chi connectivity index (χ1) is 12.9. The van der Waals surface area contributed by atoms with Crippen molar-refractivity contribution in [2.75, 3.05) is 11.4 Å². The van der Waals surface area contributed by atoms with Gasteiger partial charge in [-0.05, 0) is 68.0 Å². The summed E-state index contributed by atoms with van der Waals surface area (Å²) in [5.74, 6) is 0.583. The zero-order chi connectivity index (χ0) is 19.4. The van der Waals surface area contributed by atoms with Crippen LogP contribution in [0.5, 0.6) is 0 Å². The van der Waals surface area contributed by atoms with Gasteiger partial charge in [-0.3, -0.25) is 9.10 Å². The fourth-order valence-corrected chi connectivity index (χ4v) is 4.58. The molecular formula is C21H26N2O3S. The van der Waals surface area contributed by atoms with Gasteiger partial charge in [-0.1, -0.05) is 25.1 Å². The van der Waals surface area contributed by atoms with E-state index in [0.29, 0.717) is 11.3 Å². The molecule has 0 saturated heterocycles. The summed E-state index contributed by atoms with van der Waals surface area (Å²) in [4.78, 5) is 12.6. The highest BCUT2D eigenvalue weighted by Crippen LogP contribution is 2.24. The standard InChI is InChI=1S/C21H26N2O3S/c1-16-8-12-18(13-9-16)22-21(24)17-10-14-20(15-11-17)27(25,26)23(2)19-6-4-3-5-7-19/h3-7,10-11,14-16,18H,8-9,12-13H2,1-2H3,(H,22,24). The lowest BCUT2D eigenvalue weighted by Gasteiger charge is -2.27. The largest absolute Gasteiger partial charge is 0.349 e. The lowest BCUT2D eigenvalue weighted by atomic mass is 9.87. The molecule has 1 aliphatic rings. The summed E-state index contributed by atoms with van der Waals surface area (Å²) in [6.45, 7) is 2.24. The van der Waals surface area contributed by atoms with Crippen molar-refractivity contribution in [2.45, 2.75) is 43.5 Å². The molecule has 27 heavy (non-hydrogen) atoms. The predicted molar refractivity (Wildman–Crippen MR) is 107 cm³/mol. The van der Waals surface area contributed by atoms with Crippen molar-refractivity contribution in [2.24, 2.45) is 5.92 Å². The first-order valence-electron chi connectivity index (χ1n) is 9.33. The lowest BCUT2D eigenvalue weighted by Crippen LogP contribution is -2.37. The van der Waals surface area contributed by atoms with Crippen molar-refractivity contribution in [1.29, 1.82) is 0 Å². The molecule has 2 aromatic carbocycles. The Balaban J connectivity index is 1.70. The van der Waals surface area contributed by atoms with E-state index in [2.05, 4.69) is 12.2 Å². The molecule has 1 aliphatic carbocycles. The van der Waals surface area contributed by atoms with Gasteiger partial charge in [-0.15, -0.1) is 0 Å². The summed E-state index contributed by atoms with van der Waals surface area (Å²) < 4.78 is 26.8. The Morgan fingerprint density at radius 2 is 1.56 bits per heavy atom. The topological polar surface area (TPSA) is 66.5 Å². The van der Waals surface area contributed by atoms with E-state index >= 15 is 0 Å². The van der Waals surface area contributed by atoms with Crippen LogP contribution in [-0.4, -0.2) is 27.4 Å². The van der Waals surface area contributed by atoms with Crippen LogP contribution < -0.4 is 9.62 Å². The van der Waals surface area contributed by atoms with Crippen LogP contribution >= 0.6 is 0 Å². The van der Waals surface area contributed by atoms with Gasteiger partial charge < -0.3 is 5.32 Å². The molecule has 6 heteroatoms. The number of hydrogen-bond acceptors (Lipinski definition) is 3. The second-order valence-corrected chi connectivity index (χ2v) is 9.23. The number of amides is 1. The van der Waals surface area contributed by atoms with Crippen LogP contribution in [0.1, 0.15) is 43.0 Å². The number of para-hydroxylation sites is 1. The maximum atomic E-state index is 12.8. The van der Waals surface area contributed by atoms with E-state index in [4.69, 9.17) is 0 Å². The summed E-state index contributed by atoms with van der Waals surface area (Å²) in [7, 11) is -2.14. The molecule has 1 amide bonds. The molecule has 0 radical (unpaired) electrons. The van der Waals surface area contributed by atoms with Crippen molar-refractivity contribution < 1.29 is 13.2 Å². The number of rotatable bonds is 5. The third kappa shape index (κ3) is 4.50. The Morgan fingerprint density at radius 3 is 2.15 bits per heavy atom. The van der Waals surface area contributed by atoms with Gasteiger partial charge in [0.05, 0.1) is 10.6 Å². The average Bonchev–Trinajstić information content (AvgIpc) is 2.70. The number of hydrogen-bond donors (Lipinski definition) is 1. The molecule has 0 bridgehead atoms. The van der Waals surface area contributed by atoms with E-state index in [-0.39, 0.29) is 16.8 Å². The van der Waals surface area contributed by atoms with Gasteiger partial charge in [0.25, 0.3) is 15.9 Å². The third-order valence-corrected chi connectivity index (χ3v) is 7.05. The van der Waals surface area contributed by atoms with Crippen LogP contribution in [-0.2, 0) is 10.0 Å². The fraction of sp³-hybridized carbons (Fsp3) is 0.381. The van der Waals surface area contributed by atoms with E-state index in [1.807, 2.05) is 6.07 Å². The molecule has 0 atom stereocenters. The second kappa shape index (κ2) is 8.13. The number of sulfonamides is 1. The quantitative estimate of drug-likeness (QED) is 0.849. The minimum atomic E-state index is -3.67. The molecule has 144 valence electrons. The van der Waals surface area contributed by atoms with Crippen molar-refractivity contribution in [3.63, 3.8) is 0 Å². The highest BCUT2D eigenvalue weighted by Gasteiger charge is 2.23. The lowest BCUT2D eigenvalue weighted by molar-refractivity contribution is 0.0923. The van der Waals surface area contributed by atoms with Gasteiger partial charge >= 0.3 is 0 Å². The van der Waals surface area contributed by atoms with Crippen LogP contribution in [0.4, 0.5) is 5.69 Å². The van der Waals surface area contributed by atoms with Crippen LogP contribution in [0.3, 0.4) is 0 Å². The molecule has 3 rings (SSSR count). The molecule has 1 fully saturated rings. The predicted octanol–water partition coefficient (Wildman–Crippen LogP) is 3.82. The van der Waals surface area contributed by atoms with Gasteiger partial charge in [-0.2, -0.15) is 0 Å². The Bertz CT molecular complexity index is 871. The minimum absolute atomic E-state index is 0.144. The number of nitrogens with one attached hydrogen (secondary N) is 1. The number of anilines is 1. The molecule has 1 N–H and O–H groups in total. The van der Waals surface area contributed by atoms with E-state index in [1.165, 1.54) is 23.5 Å². The zero-order valence-electron chi connectivity index (χ0n) is 15.8. The van der Waals surface area contributed by atoms with E-state index in [1.54, 1.807) is 36.4 Å². The molecule has 1 saturated carbocycles. The second-order valence-electron chi connectivity index (χ2n) is 7.26.